The van der Waals surface area contributed by atoms with Crippen LogP contribution in [0.3, 0.4) is 0 Å². The van der Waals surface area contributed by atoms with E-state index in [1.165, 1.54) is 17.5 Å². The average molecular weight is 386 g/mol. The van der Waals surface area contributed by atoms with Crippen molar-refractivity contribution < 1.29 is 17.9 Å². The van der Waals surface area contributed by atoms with Crippen molar-refractivity contribution in [3.8, 4) is 5.75 Å². The zero-order valence-corrected chi connectivity index (χ0v) is 16.1. The van der Waals surface area contributed by atoms with Crippen LogP contribution in [0, 0.1) is 0 Å². The summed E-state index contributed by atoms with van der Waals surface area (Å²) in [6, 6.07) is 14.6. The van der Waals surface area contributed by atoms with Gasteiger partial charge in [-0.2, -0.15) is 0 Å². The van der Waals surface area contributed by atoms with Crippen LogP contribution in [0.15, 0.2) is 54.6 Å². The Morgan fingerprint density at radius 2 is 1.93 bits per heavy atom. The highest BCUT2D eigenvalue weighted by atomic mass is 32.2. The quantitative estimate of drug-likeness (QED) is 0.800. The Balaban J connectivity index is 1.85. The van der Waals surface area contributed by atoms with Crippen molar-refractivity contribution in [1.29, 1.82) is 0 Å². The number of benzene rings is 2. The van der Waals surface area contributed by atoms with Crippen molar-refractivity contribution >= 4 is 32.9 Å². The molecule has 1 heterocycles. The molecule has 27 heavy (non-hydrogen) atoms. The fourth-order valence-electron chi connectivity index (χ4n) is 3.03. The SMILES string of the molecule is COc1ccc(N2CCCS2(=O)=O)cc1NC(=O)/C=C(\C)c1ccccc1. The summed E-state index contributed by atoms with van der Waals surface area (Å²) in [4.78, 5) is 12.4. The third-order valence-corrected chi connectivity index (χ3v) is 6.27. The van der Waals surface area contributed by atoms with Gasteiger partial charge in [-0.15, -0.1) is 0 Å². The Bertz CT molecular complexity index is 969. The lowest BCUT2D eigenvalue weighted by Gasteiger charge is -2.19. The highest BCUT2D eigenvalue weighted by Gasteiger charge is 2.29. The largest absolute Gasteiger partial charge is 0.495 e. The number of nitrogens with one attached hydrogen (secondary N) is 1. The van der Waals surface area contributed by atoms with Gasteiger partial charge in [0, 0.05) is 12.6 Å². The van der Waals surface area contributed by atoms with E-state index in [0.717, 1.165) is 11.1 Å². The highest BCUT2D eigenvalue weighted by molar-refractivity contribution is 7.93. The van der Waals surface area contributed by atoms with Gasteiger partial charge in [-0.1, -0.05) is 30.3 Å². The monoisotopic (exact) mass is 386 g/mol. The third kappa shape index (κ3) is 4.31. The van der Waals surface area contributed by atoms with Gasteiger partial charge in [0.2, 0.25) is 15.9 Å². The number of amides is 1. The van der Waals surface area contributed by atoms with Crippen LogP contribution in [0.1, 0.15) is 18.9 Å². The normalized spacial score (nSPS) is 16.2. The molecule has 2 aromatic carbocycles. The minimum atomic E-state index is -3.29. The summed E-state index contributed by atoms with van der Waals surface area (Å²) in [5, 5.41) is 2.79. The molecular formula is C20H22N2O4S. The first-order valence-electron chi connectivity index (χ1n) is 8.64. The van der Waals surface area contributed by atoms with Crippen LogP contribution >= 0.6 is 0 Å². The van der Waals surface area contributed by atoms with Gasteiger partial charge in [0.25, 0.3) is 0 Å². The zero-order chi connectivity index (χ0) is 19.4. The van der Waals surface area contributed by atoms with Crippen molar-refractivity contribution in [2.45, 2.75) is 13.3 Å². The van der Waals surface area contributed by atoms with Crippen molar-refractivity contribution in [3.63, 3.8) is 0 Å². The maximum absolute atomic E-state index is 12.4. The summed E-state index contributed by atoms with van der Waals surface area (Å²) in [7, 11) is -1.79. The highest BCUT2D eigenvalue weighted by Crippen LogP contribution is 2.32. The lowest BCUT2D eigenvalue weighted by Crippen LogP contribution is -2.25. The second-order valence-electron chi connectivity index (χ2n) is 6.31. The molecule has 0 radical (unpaired) electrons. The van der Waals surface area contributed by atoms with Crippen molar-refractivity contribution in [2.24, 2.45) is 0 Å². The number of hydrogen-bond donors (Lipinski definition) is 1. The number of allylic oxidation sites excluding steroid dienone is 1. The molecule has 0 saturated carbocycles. The summed E-state index contributed by atoms with van der Waals surface area (Å²) in [6.07, 6.45) is 2.10. The van der Waals surface area contributed by atoms with E-state index in [-0.39, 0.29) is 11.7 Å². The van der Waals surface area contributed by atoms with E-state index in [4.69, 9.17) is 4.74 Å². The van der Waals surface area contributed by atoms with Crippen molar-refractivity contribution in [3.05, 3.63) is 60.2 Å². The third-order valence-electron chi connectivity index (χ3n) is 4.40. The molecule has 0 spiro atoms. The van der Waals surface area contributed by atoms with Gasteiger partial charge in [0.15, 0.2) is 0 Å². The lowest BCUT2D eigenvalue weighted by molar-refractivity contribution is -0.111. The Kier molecular flexibility index (Phi) is 5.51. The summed E-state index contributed by atoms with van der Waals surface area (Å²) >= 11 is 0. The van der Waals surface area contributed by atoms with Gasteiger partial charge < -0.3 is 10.1 Å². The minimum absolute atomic E-state index is 0.139. The van der Waals surface area contributed by atoms with Crippen LogP contribution in [-0.2, 0) is 14.8 Å². The fourth-order valence-corrected chi connectivity index (χ4v) is 4.58. The zero-order valence-electron chi connectivity index (χ0n) is 15.3. The molecule has 1 N–H and O–H groups in total. The average Bonchev–Trinajstić information content (AvgIpc) is 3.01. The topological polar surface area (TPSA) is 75.7 Å². The molecule has 6 nitrogen and oxygen atoms in total. The van der Waals surface area contributed by atoms with E-state index in [2.05, 4.69) is 5.32 Å². The molecule has 0 unspecified atom stereocenters. The van der Waals surface area contributed by atoms with E-state index in [9.17, 15) is 13.2 Å². The number of ether oxygens (including phenoxy) is 1. The molecule has 1 aliphatic rings. The maximum atomic E-state index is 12.4. The summed E-state index contributed by atoms with van der Waals surface area (Å²) in [6.45, 7) is 2.30. The van der Waals surface area contributed by atoms with Crippen LogP contribution in [0.5, 0.6) is 5.75 Å². The van der Waals surface area contributed by atoms with Gasteiger partial charge in [-0.05, 0) is 42.7 Å². The fraction of sp³-hybridized carbons (Fsp3) is 0.250. The molecule has 1 amide bonds. The summed E-state index contributed by atoms with van der Waals surface area (Å²) < 4.78 is 31.0. The van der Waals surface area contributed by atoms with Gasteiger partial charge >= 0.3 is 0 Å². The summed E-state index contributed by atoms with van der Waals surface area (Å²) in [5.74, 6) is 0.297. The second kappa shape index (κ2) is 7.84. The first-order chi connectivity index (χ1) is 12.9. The number of methoxy groups -OCH3 is 1. The summed E-state index contributed by atoms with van der Waals surface area (Å²) in [5.41, 5.74) is 2.73. The number of rotatable bonds is 5. The number of carbonyl (C=O) groups excluding carboxylic acids is 1. The van der Waals surface area contributed by atoms with Crippen LogP contribution < -0.4 is 14.4 Å². The van der Waals surface area contributed by atoms with Crippen molar-refractivity contribution in [1.82, 2.24) is 0 Å². The van der Waals surface area contributed by atoms with Gasteiger partial charge in [0.1, 0.15) is 5.75 Å². The molecule has 1 saturated heterocycles. The van der Waals surface area contributed by atoms with Gasteiger partial charge in [0.05, 0.1) is 24.2 Å². The number of sulfonamides is 1. The van der Waals surface area contributed by atoms with Gasteiger partial charge in [-0.25, -0.2) is 8.42 Å². The molecule has 0 aliphatic carbocycles. The smallest absolute Gasteiger partial charge is 0.248 e. The van der Waals surface area contributed by atoms with E-state index < -0.39 is 10.0 Å². The van der Waals surface area contributed by atoms with Crippen LogP contribution in [0.25, 0.3) is 5.57 Å². The van der Waals surface area contributed by atoms with Crippen LogP contribution in [0.2, 0.25) is 0 Å². The predicted molar refractivity (Wildman–Crippen MR) is 107 cm³/mol. The first kappa shape index (κ1) is 19.0. The molecule has 3 rings (SSSR count). The van der Waals surface area contributed by atoms with Crippen LogP contribution in [0.4, 0.5) is 11.4 Å². The Hall–Kier alpha value is -2.80. The van der Waals surface area contributed by atoms with E-state index in [1.807, 2.05) is 37.3 Å². The standard InChI is InChI=1S/C20H22N2O4S/c1-15(16-7-4-3-5-8-16)13-20(23)21-18-14-17(9-10-19(18)26-2)22-11-6-12-27(22,24)25/h3-5,7-10,13-14H,6,11-12H2,1-2H3,(H,21,23)/b15-13+. The molecule has 0 bridgehead atoms. The van der Waals surface area contributed by atoms with E-state index >= 15 is 0 Å². The number of carbonyl (C=O) groups is 1. The molecular weight excluding hydrogens is 364 g/mol. The Morgan fingerprint density at radius 1 is 1.19 bits per heavy atom. The number of anilines is 2. The van der Waals surface area contributed by atoms with E-state index in [0.29, 0.717) is 30.1 Å². The number of hydrogen-bond acceptors (Lipinski definition) is 4. The second-order valence-corrected chi connectivity index (χ2v) is 8.32. The minimum Gasteiger partial charge on any atom is -0.495 e. The molecule has 1 aliphatic heterocycles. The maximum Gasteiger partial charge on any atom is 0.248 e. The lowest BCUT2D eigenvalue weighted by atomic mass is 10.1. The Labute approximate surface area is 159 Å². The predicted octanol–water partition coefficient (Wildman–Crippen LogP) is 3.28. The van der Waals surface area contributed by atoms with Gasteiger partial charge in [-0.3, -0.25) is 9.10 Å². The molecule has 142 valence electrons. The van der Waals surface area contributed by atoms with Crippen LogP contribution in [-0.4, -0.2) is 33.7 Å². The Morgan fingerprint density at radius 3 is 2.56 bits per heavy atom. The molecule has 0 atom stereocenters. The number of nitrogens with zero attached hydrogens (tertiary/aromatic N) is 1. The molecule has 7 heteroatoms. The van der Waals surface area contributed by atoms with E-state index in [1.54, 1.807) is 18.2 Å². The molecule has 0 aromatic heterocycles. The van der Waals surface area contributed by atoms with Crippen molar-refractivity contribution in [2.75, 3.05) is 29.0 Å². The first-order valence-corrected chi connectivity index (χ1v) is 10.2. The molecule has 2 aromatic rings. The molecule has 1 fully saturated rings.